The molecule has 8 unspecified atom stereocenters. The molecule has 0 amide bonds. The quantitative estimate of drug-likeness (QED) is 0.539. The Labute approximate surface area is 75.1 Å². The highest BCUT2D eigenvalue weighted by Gasteiger charge is 2.72. The minimum absolute atomic E-state index is 0.0313. The molecule has 0 aromatic heterocycles. The monoisotopic (exact) mass is 182 g/mol. The van der Waals surface area contributed by atoms with E-state index in [1.165, 1.54) is 6.42 Å². The summed E-state index contributed by atoms with van der Waals surface area (Å²) < 4.78 is 22.8. The third kappa shape index (κ3) is 0.501. The molecule has 4 heterocycles. The van der Waals surface area contributed by atoms with E-state index in [1.807, 2.05) is 0 Å². The molecule has 0 aromatic carbocycles. The number of rotatable bonds is 0. The van der Waals surface area contributed by atoms with Crippen molar-refractivity contribution in [3.63, 3.8) is 0 Å². The minimum atomic E-state index is -0.0394. The van der Waals surface area contributed by atoms with E-state index < -0.39 is 0 Å². The van der Waals surface area contributed by atoms with Gasteiger partial charge in [-0.3, -0.25) is 0 Å². The molecular weight excluding hydrogens is 172 g/mol. The molecule has 1 saturated carbocycles. The molecule has 8 atom stereocenters. The Bertz CT molecular complexity index is 261. The van der Waals surface area contributed by atoms with Gasteiger partial charge >= 0.3 is 0 Å². The van der Waals surface area contributed by atoms with E-state index in [0.29, 0.717) is 23.7 Å². The van der Waals surface area contributed by atoms with Gasteiger partial charge in [0.25, 0.3) is 0 Å². The maximum Gasteiger partial charge on any atom is 0.167 e. The summed E-state index contributed by atoms with van der Waals surface area (Å²) in [7, 11) is 0. The highest BCUT2D eigenvalue weighted by atomic mass is 16.9. The Morgan fingerprint density at radius 1 is 0.615 bits per heavy atom. The zero-order valence-electron chi connectivity index (χ0n) is 6.96. The van der Waals surface area contributed by atoms with E-state index in [0.717, 1.165) is 0 Å². The van der Waals surface area contributed by atoms with Crippen LogP contribution in [0.15, 0.2) is 0 Å². The second kappa shape index (κ2) is 1.67. The summed E-state index contributed by atoms with van der Waals surface area (Å²) in [6.45, 7) is 0. The van der Waals surface area contributed by atoms with Crippen LogP contribution < -0.4 is 0 Å². The average Bonchev–Trinajstić information content (AvgIpc) is 2.73. The maximum atomic E-state index is 5.73. The molecule has 0 aromatic rings. The zero-order chi connectivity index (χ0) is 8.15. The fourth-order valence-electron chi connectivity index (χ4n) is 3.97. The van der Waals surface area contributed by atoms with Crippen LogP contribution in [-0.2, 0) is 18.9 Å². The van der Waals surface area contributed by atoms with E-state index in [-0.39, 0.29) is 25.2 Å². The molecule has 0 N–H and O–H groups in total. The van der Waals surface area contributed by atoms with Gasteiger partial charge in [-0.2, -0.15) is 0 Å². The molecule has 0 spiro atoms. The summed E-state index contributed by atoms with van der Waals surface area (Å²) >= 11 is 0. The molecule has 13 heavy (non-hydrogen) atoms. The lowest BCUT2D eigenvalue weighted by atomic mass is 9.91. The second-order valence-electron chi connectivity index (χ2n) is 4.74. The summed E-state index contributed by atoms with van der Waals surface area (Å²) in [5.74, 6) is 2.30. The molecular formula is C9H10O4. The topological polar surface area (TPSA) is 36.9 Å². The summed E-state index contributed by atoms with van der Waals surface area (Å²) in [6, 6.07) is 0. The molecule has 4 aliphatic heterocycles. The van der Waals surface area contributed by atoms with Crippen LogP contribution in [0, 0.1) is 23.7 Å². The van der Waals surface area contributed by atoms with Crippen molar-refractivity contribution in [1.82, 2.24) is 0 Å². The van der Waals surface area contributed by atoms with Crippen molar-refractivity contribution in [2.24, 2.45) is 23.7 Å². The SMILES string of the molecule is C1C2C3OC4OC5OC(O3)C2C5C14. The first-order valence-electron chi connectivity index (χ1n) is 5.04. The Balaban J connectivity index is 1.79. The molecule has 1 aliphatic carbocycles. The van der Waals surface area contributed by atoms with Crippen molar-refractivity contribution < 1.29 is 18.9 Å². The lowest BCUT2D eigenvalue weighted by Crippen LogP contribution is -2.37. The van der Waals surface area contributed by atoms with Gasteiger partial charge in [-0.1, -0.05) is 0 Å². The molecule has 2 bridgehead atoms. The van der Waals surface area contributed by atoms with Gasteiger partial charge in [0, 0.05) is 23.7 Å². The van der Waals surface area contributed by atoms with Crippen molar-refractivity contribution in [1.29, 1.82) is 0 Å². The van der Waals surface area contributed by atoms with E-state index in [4.69, 9.17) is 18.9 Å². The van der Waals surface area contributed by atoms with Crippen molar-refractivity contribution in [2.45, 2.75) is 31.6 Å². The molecule has 5 rings (SSSR count). The third-order valence-electron chi connectivity index (χ3n) is 4.38. The van der Waals surface area contributed by atoms with E-state index in [1.54, 1.807) is 0 Å². The van der Waals surface area contributed by atoms with Crippen LogP contribution in [0.3, 0.4) is 0 Å². The van der Waals surface area contributed by atoms with Crippen LogP contribution in [0.2, 0.25) is 0 Å². The average molecular weight is 182 g/mol. The van der Waals surface area contributed by atoms with Gasteiger partial charge in [-0.15, -0.1) is 0 Å². The third-order valence-corrected chi connectivity index (χ3v) is 4.38. The van der Waals surface area contributed by atoms with Gasteiger partial charge < -0.3 is 18.9 Å². The summed E-state index contributed by atoms with van der Waals surface area (Å²) in [6.07, 6.45) is 1.08. The number of ether oxygens (including phenoxy) is 4. The Morgan fingerprint density at radius 3 is 1.69 bits per heavy atom. The normalized spacial score (nSPS) is 75.7. The number of hydrogen-bond donors (Lipinski definition) is 0. The van der Waals surface area contributed by atoms with Crippen LogP contribution in [0.5, 0.6) is 0 Å². The van der Waals surface area contributed by atoms with Crippen LogP contribution in [0.1, 0.15) is 6.42 Å². The van der Waals surface area contributed by atoms with Gasteiger partial charge in [0.2, 0.25) is 0 Å². The van der Waals surface area contributed by atoms with Crippen LogP contribution in [-0.4, -0.2) is 25.2 Å². The summed E-state index contributed by atoms with van der Waals surface area (Å²) in [5, 5.41) is 0. The number of hydrogen-bond acceptors (Lipinski definition) is 4. The van der Waals surface area contributed by atoms with Crippen molar-refractivity contribution in [3.05, 3.63) is 0 Å². The summed E-state index contributed by atoms with van der Waals surface area (Å²) in [5.41, 5.74) is 0. The van der Waals surface area contributed by atoms with Gasteiger partial charge in [0.1, 0.15) is 0 Å². The minimum Gasteiger partial charge on any atom is -0.323 e. The molecule has 5 aliphatic rings. The Kier molecular flexibility index (Phi) is 0.817. The first-order chi connectivity index (χ1) is 6.42. The van der Waals surface area contributed by atoms with Gasteiger partial charge in [0.05, 0.1) is 0 Å². The predicted octanol–water partition coefficient (Wildman–Crippen LogP) is 0.280. The zero-order valence-corrected chi connectivity index (χ0v) is 6.96. The molecule has 4 heteroatoms. The molecule has 5 fully saturated rings. The van der Waals surface area contributed by atoms with E-state index in [9.17, 15) is 0 Å². The fourth-order valence-corrected chi connectivity index (χ4v) is 3.97. The second-order valence-corrected chi connectivity index (χ2v) is 4.74. The van der Waals surface area contributed by atoms with Crippen LogP contribution in [0.25, 0.3) is 0 Å². The maximum absolute atomic E-state index is 5.73. The lowest BCUT2D eigenvalue weighted by Gasteiger charge is -2.31. The van der Waals surface area contributed by atoms with Crippen molar-refractivity contribution in [2.75, 3.05) is 0 Å². The largest absolute Gasteiger partial charge is 0.323 e. The van der Waals surface area contributed by atoms with Crippen molar-refractivity contribution in [3.8, 4) is 0 Å². The summed E-state index contributed by atoms with van der Waals surface area (Å²) in [4.78, 5) is 0. The fraction of sp³-hybridized carbons (Fsp3) is 1.00. The van der Waals surface area contributed by atoms with E-state index in [2.05, 4.69) is 0 Å². The highest BCUT2D eigenvalue weighted by Crippen LogP contribution is 2.65. The molecule has 0 radical (unpaired) electrons. The first kappa shape index (κ1) is 6.35. The van der Waals surface area contributed by atoms with Gasteiger partial charge in [0.15, 0.2) is 25.2 Å². The van der Waals surface area contributed by atoms with E-state index >= 15 is 0 Å². The van der Waals surface area contributed by atoms with Gasteiger partial charge in [-0.25, -0.2) is 0 Å². The Hall–Kier alpha value is -0.160. The van der Waals surface area contributed by atoms with Crippen LogP contribution in [0.4, 0.5) is 0 Å². The first-order valence-corrected chi connectivity index (χ1v) is 5.04. The van der Waals surface area contributed by atoms with Crippen LogP contribution >= 0.6 is 0 Å². The van der Waals surface area contributed by atoms with Crippen molar-refractivity contribution >= 4 is 0 Å². The highest BCUT2D eigenvalue weighted by molar-refractivity contribution is 5.08. The Morgan fingerprint density at radius 2 is 1.08 bits per heavy atom. The predicted molar refractivity (Wildman–Crippen MR) is 38.1 cm³/mol. The van der Waals surface area contributed by atoms with Gasteiger partial charge in [-0.05, 0) is 6.42 Å². The lowest BCUT2D eigenvalue weighted by molar-refractivity contribution is -0.349. The smallest absolute Gasteiger partial charge is 0.167 e. The standard InChI is InChI=1S/C9H10O4/c1-2-4-5-3(1)7-10-6(2)11-8(4)13-9(5)12-7/h2-9H,1H2. The molecule has 70 valence electrons. The molecule has 4 saturated heterocycles. The molecule has 4 nitrogen and oxygen atoms in total.